The van der Waals surface area contributed by atoms with Crippen LogP contribution in [0.5, 0.6) is 11.5 Å². The van der Waals surface area contributed by atoms with E-state index in [1.807, 2.05) is 60.7 Å². The zero-order chi connectivity index (χ0) is 24.7. The number of halogens is 3. The summed E-state index contributed by atoms with van der Waals surface area (Å²) in [6.45, 7) is 0.246. The highest BCUT2D eigenvalue weighted by Gasteiger charge is 2.45. The van der Waals surface area contributed by atoms with Gasteiger partial charge in [-0.1, -0.05) is 84.9 Å². The van der Waals surface area contributed by atoms with Crippen molar-refractivity contribution in [1.29, 1.82) is 0 Å². The van der Waals surface area contributed by atoms with Gasteiger partial charge < -0.3 is 9.47 Å². The first kappa shape index (κ1) is 23.9. The Hall–Kier alpha value is -4.26. The second kappa shape index (κ2) is 10.8. The number of carbonyl (C=O) groups is 1. The molecule has 0 aromatic heterocycles. The van der Waals surface area contributed by atoms with E-state index < -0.39 is 12.1 Å². The van der Waals surface area contributed by atoms with Crippen LogP contribution in [0.1, 0.15) is 11.1 Å². The molecule has 1 amide bonds. The van der Waals surface area contributed by atoms with Gasteiger partial charge in [0.15, 0.2) is 0 Å². The third-order valence-corrected chi connectivity index (χ3v) is 5.13. The smallest absolute Gasteiger partial charge is 0.472 e. The molecule has 4 aromatic carbocycles. The fourth-order valence-electron chi connectivity index (χ4n) is 3.47. The molecule has 0 saturated carbocycles. The number of hydrogen-bond donors (Lipinski definition) is 0. The average molecular weight is 477 g/mol. The molecule has 178 valence electrons. The van der Waals surface area contributed by atoms with Crippen LogP contribution in [0.25, 0.3) is 0 Å². The molecular formula is C28H22F3NO3. The Morgan fingerprint density at radius 1 is 0.600 bits per heavy atom. The molecule has 0 spiro atoms. The van der Waals surface area contributed by atoms with Crippen LogP contribution in [0.2, 0.25) is 0 Å². The second-order valence-electron chi connectivity index (χ2n) is 7.62. The molecule has 0 bridgehead atoms. The van der Waals surface area contributed by atoms with E-state index in [1.165, 1.54) is 24.3 Å². The molecule has 0 aliphatic heterocycles. The van der Waals surface area contributed by atoms with Crippen LogP contribution in [0.3, 0.4) is 0 Å². The molecule has 0 N–H and O–H groups in total. The summed E-state index contributed by atoms with van der Waals surface area (Å²) in [6, 6.07) is 30.7. The highest BCUT2D eigenvalue weighted by molar-refractivity contribution is 6.05. The maximum absolute atomic E-state index is 13.8. The maximum Gasteiger partial charge on any atom is 0.472 e. The van der Waals surface area contributed by atoms with Crippen molar-refractivity contribution in [2.45, 2.75) is 19.4 Å². The summed E-state index contributed by atoms with van der Waals surface area (Å²) < 4.78 is 53.0. The van der Waals surface area contributed by atoms with Gasteiger partial charge in [-0.2, -0.15) is 13.2 Å². The van der Waals surface area contributed by atoms with Crippen LogP contribution in [0.4, 0.5) is 24.5 Å². The lowest BCUT2D eigenvalue weighted by molar-refractivity contribution is -0.169. The van der Waals surface area contributed by atoms with Crippen molar-refractivity contribution in [3.8, 4) is 11.5 Å². The van der Waals surface area contributed by atoms with E-state index >= 15 is 0 Å². The predicted molar refractivity (Wildman–Crippen MR) is 128 cm³/mol. The number of amides is 1. The Kier molecular flexibility index (Phi) is 7.35. The molecule has 0 fully saturated rings. The van der Waals surface area contributed by atoms with Crippen molar-refractivity contribution >= 4 is 17.3 Å². The molecule has 0 aliphatic rings. The summed E-state index contributed by atoms with van der Waals surface area (Å²) in [4.78, 5) is 13.3. The summed E-state index contributed by atoms with van der Waals surface area (Å²) >= 11 is 0. The van der Waals surface area contributed by atoms with Crippen LogP contribution in [0, 0.1) is 0 Å². The van der Waals surface area contributed by atoms with Crippen LogP contribution in [-0.2, 0) is 18.0 Å². The molecule has 0 radical (unpaired) electrons. The van der Waals surface area contributed by atoms with E-state index in [0.29, 0.717) is 4.90 Å². The highest BCUT2D eigenvalue weighted by Crippen LogP contribution is 2.41. The largest absolute Gasteiger partial charge is 0.487 e. The van der Waals surface area contributed by atoms with Crippen LogP contribution in [0.15, 0.2) is 109 Å². The van der Waals surface area contributed by atoms with E-state index in [9.17, 15) is 18.0 Å². The normalized spacial score (nSPS) is 11.1. The van der Waals surface area contributed by atoms with E-state index in [0.717, 1.165) is 11.1 Å². The number of hydrogen-bond acceptors (Lipinski definition) is 3. The van der Waals surface area contributed by atoms with Crippen LogP contribution in [-0.4, -0.2) is 12.1 Å². The fourth-order valence-corrected chi connectivity index (χ4v) is 3.47. The third kappa shape index (κ3) is 6.00. The number of alkyl halides is 3. The lowest BCUT2D eigenvalue weighted by Crippen LogP contribution is -2.38. The first-order chi connectivity index (χ1) is 16.9. The van der Waals surface area contributed by atoms with Gasteiger partial charge in [0.2, 0.25) is 0 Å². The lowest BCUT2D eigenvalue weighted by atomic mass is 10.2. The number of rotatable bonds is 8. The monoisotopic (exact) mass is 477 g/mol. The van der Waals surface area contributed by atoms with Gasteiger partial charge in [-0.25, -0.2) is 0 Å². The standard InChI is InChI=1S/C28H22F3NO3/c29-28(30,31)27(33)32(23-15-7-9-17-25(23)34-19-21-11-3-1-4-12-21)24-16-8-10-18-26(24)35-20-22-13-5-2-6-14-22/h1-18H,19-20H2. The van der Waals surface area contributed by atoms with Gasteiger partial charge in [-0.3, -0.25) is 9.69 Å². The Bertz CT molecular complexity index is 1170. The zero-order valence-corrected chi connectivity index (χ0v) is 18.6. The first-order valence-electron chi connectivity index (χ1n) is 10.9. The zero-order valence-electron chi connectivity index (χ0n) is 18.6. The predicted octanol–water partition coefficient (Wildman–Crippen LogP) is 7.07. The molecule has 4 rings (SSSR count). The Balaban J connectivity index is 1.72. The van der Waals surface area contributed by atoms with Gasteiger partial charge in [0, 0.05) is 0 Å². The number of ether oxygens (including phenoxy) is 2. The van der Waals surface area contributed by atoms with Crippen molar-refractivity contribution in [2.75, 3.05) is 4.90 Å². The van der Waals surface area contributed by atoms with Crippen molar-refractivity contribution in [3.05, 3.63) is 120 Å². The number of nitrogens with zero attached hydrogens (tertiary/aromatic N) is 1. The van der Waals surface area contributed by atoms with E-state index in [2.05, 4.69) is 0 Å². The molecule has 0 saturated heterocycles. The quantitative estimate of drug-likeness (QED) is 0.272. The summed E-state index contributed by atoms with van der Waals surface area (Å²) in [5, 5.41) is 0. The minimum atomic E-state index is -5.13. The minimum Gasteiger partial charge on any atom is -0.487 e. The summed E-state index contributed by atoms with van der Waals surface area (Å²) in [5.41, 5.74) is 1.59. The third-order valence-electron chi connectivity index (χ3n) is 5.13. The minimum absolute atomic E-state index is 0.0403. The van der Waals surface area contributed by atoms with Gasteiger partial charge in [0.1, 0.15) is 24.7 Å². The SMILES string of the molecule is O=C(N(c1ccccc1OCc1ccccc1)c1ccccc1OCc1ccccc1)C(F)(F)F. The Morgan fingerprint density at radius 2 is 0.971 bits per heavy atom. The number of carbonyl (C=O) groups excluding carboxylic acids is 1. The molecule has 0 heterocycles. The van der Waals surface area contributed by atoms with E-state index in [1.54, 1.807) is 24.3 Å². The van der Waals surface area contributed by atoms with Gasteiger partial charge in [-0.15, -0.1) is 0 Å². The van der Waals surface area contributed by atoms with Crippen molar-refractivity contribution < 1.29 is 27.4 Å². The number of para-hydroxylation sites is 4. The summed E-state index contributed by atoms with van der Waals surface area (Å²) in [5.74, 6) is -1.79. The number of benzene rings is 4. The molecular weight excluding hydrogens is 455 g/mol. The molecule has 0 atom stereocenters. The summed E-state index contributed by atoms with van der Waals surface area (Å²) in [6.07, 6.45) is -5.13. The number of anilines is 2. The first-order valence-corrected chi connectivity index (χ1v) is 10.9. The highest BCUT2D eigenvalue weighted by atomic mass is 19.4. The van der Waals surface area contributed by atoms with Gasteiger partial charge in [0.05, 0.1) is 11.4 Å². The van der Waals surface area contributed by atoms with Crippen molar-refractivity contribution in [2.24, 2.45) is 0 Å². The lowest BCUT2D eigenvalue weighted by Gasteiger charge is -2.27. The van der Waals surface area contributed by atoms with Crippen LogP contribution < -0.4 is 14.4 Å². The topological polar surface area (TPSA) is 38.8 Å². The van der Waals surface area contributed by atoms with E-state index in [-0.39, 0.29) is 36.1 Å². The fraction of sp³-hybridized carbons (Fsp3) is 0.107. The maximum atomic E-state index is 13.8. The Labute approximate surface area is 201 Å². The molecule has 4 nitrogen and oxygen atoms in total. The van der Waals surface area contributed by atoms with Crippen molar-refractivity contribution in [1.82, 2.24) is 0 Å². The molecule has 0 aliphatic carbocycles. The molecule has 0 unspecified atom stereocenters. The molecule has 4 aromatic rings. The van der Waals surface area contributed by atoms with Crippen molar-refractivity contribution in [3.63, 3.8) is 0 Å². The van der Waals surface area contributed by atoms with Gasteiger partial charge >= 0.3 is 12.1 Å². The van der Waals surface area contributed by atoms with Gasteiger partial charge in [-0.05, 0) is 35.4 Å². The molecule has 7 heteroatoms. The Morgan fingerprint density at radius 3 is 1.37 bits per heavy atom. The summed E-state index contributed by atoms with van der Waals surface area (Å²) in [7, 11) is 0. The second-order valence-corrected chi connectivity index (χ2v) is 7.62. The molecule has 35 heavy (non-hydrogen) atoms. The van der Waals surface area contributed by atoms with Gasteiger partial charge in [0.25, 0.3) is 0 Å². The van der Waals surface area contributed by atoms with E-state index in [4.69, 9.17) is 9.47 Å². The average Bonchev–Trinajstić information content (AvgIpc) is 2.88. The van der Waals surface area contributed by atoms with Crippen LogP contribution >= 0.6 is 0 Å².